The summed E-state index contributed by atoms with van der Waals surface area (Å²) in [5.74, 6) is -0.339. The molecular formula is C23H31N3O5. The highest BCUT2D eigenvalue weighted by atomic mass is 16.5. The zero-order valence-electron chi connectivity index (χ0n) is 18.0. The molecule has 168 valence electrons. The molecule has 8 nitrogen and oxygen atoms in total. The van der Waals surface area contributed by atoms with E-state index in [0.717, 1.165) is 19.4 Å². The quantitative estimate of drug-likeness (QED) is 0.767. The molecule has 0 bridgehead atoms. The van der Waals surface area contributed by atoms with Crippen LogP contribution in [-0.4, -0.2) is 78.2 Å². The number of rotatable bonds is 5. The lowest BCUT2D eigenvalue weighted by atomic mass is 9.96. The first-order valence-electron chi connectivity index (χ1n) is 11.2. The Morgan fingerprint density at radius 2 is 1.90 bits per heavy atom. The minimum atomic E-state index is -0.872. The summed E-state index contributed by atoms with van der Waals surface area (Å²) in [6.45, 7) is 4.18. The van der Waals surface area contributed by atoms with E-state index in [1.165, 1.54) is 0 Å². The van der Waals surface area contributed by atoms with Crippen molar-refractivity contribution in [3.63, 3.8) is 0 Å². The summed E-state index contributed by atoms with van der Waals surface area (Å²) in [7, 11) is 0. The first kappa shape index (κ1) is 21.8. The van der Waals surface area contributed by atoms with Crippen molar-refractivity contribution in [2.45, 2.75) is 56.9 Å². The van der Waals surface area contributed by atoms with Crippen molar-refractivity contribution in [3.8, 4) is 0 Å². The second-order valence-electron chi connectivity index (χ2n) is 8.43. The smallest absolute Gasteiger partial charge is 0.256 e. The van der Waals surface area contributed by atoms with Gasteiger partial charge in [0.15, 0.2) is 0 Å². The lowest BCUT2D eigenvalue weighted by Gasteiger charge is -2.44. The van der Waals surface area contributed by atoms with Crippen molar-refractivity contribution < 1.29 is 23.9 Å². The largest absolute Gasteiger partial charge is 0.376 e. The summed E-state index contributed by atoms with van der Waals surface area (Å²) < 4.78 is 11.8. The third kappa shape index (κ3) is 4.45. The van der Waals surface area contributed by atoms with E-state index < -0.39 is 11.8 Å². The molecule has 0 aromatic heterocycles. The Hall–Kier alpha value is -2.45. The van der Waals surface area contributed by atoms with Crippen LogP contribution in [0.5, 0.6) is 0 Å². The van der Waals surface area contributed by atoms with Gasteiger partial charge >= 0.3 is 0 Å². The summed E-state index contributed by atoms with van der Waals surface area (Å²) in [5, 5.41) is 2.96. The molecule has 3 heterocycles. The van der Waals surface area contributed by atoms with Crippen molar-refractivity contribution in [2.24, 2.45) is 0 Å². The van der Waals surface area contributed by atoms with Crippen molar-refractivity contribution >= 4 is 17.7 Å². The van der Waals surface area contributed by atoms with E-state index in [2.05, 4.69) is 5.32 Å². The minimum absolute atomic E-state index is 0.0294. The van der Waals surface area contributed by atoms with Gasteiger partial charge in [0.25, 0.3) is 5.91 Å². The first-order valence-corrected chi connectivity index (χ1v) is 11.2. The highest BCUT2D eigenvalue weighted by molar-refractivity contribution is 5.98. The van der Waals surface area contributed by atoms with Gasteiger partial charge < -0.3 is 19.7 Å². The molecule has 1 aromatic carbocycles. The molecule has 2 atom stereocenters. The Kier molecular flexibility index (Phi) is 6.57. The van der Waals surface area contributed by atoms with Gasteiger partial charge in [0, 0.05) is 51.1 Å². The van der Waals surface area contributed by atoms with Crippen LogP contribution in [0.4, 0.5) is 0 Å². The predicted octanol–water partition coefficient (Wildman–Crippen LogP) is 1.55. The fraction of sp³-hybridized carbons (Fsp3) is 0.609. The lowest BCUT2D eigenvalue weighted by Crippen LogP contribution is -2.60. The summed E-state index contributed by atoms with van der Waals surface area (Å²) in [6.07, 6.45) is 3.40. The summed E-state index contributed by atoms with van der Waals surface area (Å²) in [5.41, 5.74) is -0.347. The molecule has 1 spiro atoms. The molecule has 3 amide bonds. The zero-order valence-corrected chi connectivity index (χ0v) is 18.0. The van der Waals surface area contributed by atoms with Crippen molar-refractivity contribution in [2.75, 3.05) is 32.8 Å². The van der Waals surface area contributed by atoms with E-state index in [1.54, 1.807) is 17.0 Å². The fourth-order valence-electron chi connectivity index (χ4n) is 4.75. The average Bonchev–Trinajstić information content (AvgIpc) is 3.46. The van der Waals surface area contributed by atoms with Gasteiger partial charge in [-0.15, -0.1) is 0 Å². The van der Waals surface area contributed by atoms with Gasteiger partial charge in [0.2, 0.25) is 11.8 Å². The van der Waals surface area contributed by atoms with E-state index in [9.17, 15) is 14.4 Å². The number of benzene rings is 1. The molecule has 0 unspecified atom stereocenters. The van der Waals surface area contributed by atoms with Gasteiger partial charge in [-0.05, 0) is 25.0 Å². The molecule has 4 rings (SSSR count). The number of carbonyl (C=O) groups excluding carboxylic acids is 3. The number of nitrogens with one attached hydrogen (secondary N) is 1. The average molecular weight is 430 g/mol. The number of amides is 3. The molecule has 1 aromatic rings. The Morgan fingerprint density at radius 3 is 2.55 bits per heavy atom. The van der Waals surface area contributed by atoms with Gasteiger partial charge in [0.05, 0.1) is 12.7 Å². The topological polar surface area (TPSA) is 88.2 Å². The predicted molar refractivity (Wildman–Crippen MR) is 113 cm³/mol. The molecule has 3 aliphatic rings. The summed E-state index contributed by atoms with van der Waals surface area (Å²) >= 11 is 0. The maximum absolute atomic E-state index is 13.5. The first-order chi connectivity index (χ1) is 15.0. The fourth-order valence-corrected chi connectivity index (χ4v) is 4.75. The maximum Gasteiger partial charge on any atom is 0.256 e. The van der Waals surface area contributed by atoms with E-state index in [1.807, 2.05) is 30.0 Å². The van der Waals surface area contributed by atoms with Crippen LogP contribution in [0.2, 0.25) is 0 Å². The molecular weight excluding hydrogens is 398 g/mol. The molecule has 3 fully saturated rings. The summed E-state index contributed by atoms with van der Waals surface area (Å²) in [4.78, 5) is 42.2. The van der Waals surface area contributed by atoms with Crippen LogP contribution in [-0.2, 0) is 19.1 Å². The standard InChI is InChI=1S/C23H31N3O5/c1-2-20(27)25-12-10-23(11-13-25)26(22(29)17-7-4-3-5-8-17)19(16-31-23)21(28)24-15-18-9-6-14-30-18/h3-5,7-8,18-19H,2,6,9-16H2,1H3,(H,24,28)/t18-,19-/m0/s1. The molecule has 3 aliphatic heterocycles. The van der Waals surface area contributed by atoms with E-state index in [4.69, 9.17) is 9.47 Å². The molecule has 1 N–H and O–H groups in total. The monoisotopic (exact) mass is 429 g/mol. The van der Waals surface area contributed by atoms with Crippen molar-refractivity contribution in [1.29, 1.82) is 0 Å². The van der Waals surface area contributed by atoms with Crippen molar-refractivity contribution in [1.82, 2.24) is 15.1 Å². The van der Waals surface area contributed by atoms with E-state index >= 15 is 0 Å². The van der Waals surface area contributed by atoms with E-state index in [0.29, 0.717) is 44.5 Å². The Labute approximate surface area is 182 Å². The van der Waals surface area contributed by atoms with Gasteiger partial charge in [0.1, 0.15) is 11.8 Å². The van der Waals surface area contributed by atoms with Crippen LogP contribution in [0, 0.1) is 0 Å². The third-order valence-electron chi connectivity index (χ3n) is 6.53. The molecule has 0 aliphatic carbocycles. The van der Waals surface area contributed by atoms with Crippen LogP contribution in [0.25, 0.3) is 0 Å². The number of carbonyl (C=O) groups is 3. The van der Waals surface area contributed by atoms with Crippen molar-refractivity contribution in [3.05, 3.63) is 35.9 Å². The second-order valence-corrected chi connectivity index (χ2v) is 8.43. The van der Waals surface area contributed by atoms with Gasteiger partial charge in [-0.1, -0.05) is 25.1 Å². The number of likely N-dealkylation sites (tertiary alicyclic amines) is 1. The van der Waals surface area contributed by atoms with Gasteiger partial charge in [-0.2, -0.15) is 0 Å². The third-order valence-corrected chi connectivity index (χ3v) is 6.53. The molecule has 0 saturated carbocycles. The normalized spacial score (nSPS) is 25.1. The zero-order chi connectivity index (χ0) is 21.8. The SMILES string of the molecule is CCC(=O)N1CCC2(CC1)OC[C@@H](C(=O)NC[C@@H]1CCCO1)N2C(=O)c1ccccc1. The number of nitrogens with zero attached hydrogens (tertiary/aromatic N) is 2. The summed E-state index contributed by atoms with van der Waals surface area (Å²) in [6, 6.07) is 8.28. The second kappa shape index (κ2) is 9.36. The lowest BCUT2D eigenvalue weighted by molar-refractivity contribution is -0.143. The number of ether oxygens (including phenoxy) is 2. The van der Waals surface area contributed by atoms with Gasteiger partial charge in [-0.3, -0.25) is 19.3 Å². The molecule has 8 heteroatoms. The van der Waals surface area contributed by atoms with Crippen LogP contribution in [0.15, 0.2) is 30.3 Å². The highest BCUT2D eigenvalue weighted by Gasteiger charge is 2.54. The van der Waals surface area contributed by atoms with Crippen LogP contribution in [0.1, 0.15) is 49.4 Å². The maximum atomic E-state index is 13.5. The molecule has 3 saturated heterocycles. The number of piperidine rings is 1. The molecule has 0 radical (unpaired) electrons. The number of hydrogen-bond acceptors (Lipinski definition) is 5. The number of hydrogen-bond donors (Lipinski definition) is 1. The Balaban J connectivity index is 1.53. The van der Waals surface area contributed by atoms with Gasteiger partial charge in [-0.25, -0.2) is 0 Å². The van der Waals surface area contributed by atoms with Crippen LogP contribution in [0.3, 0.4) is 0 Å². The molecule has 31 heavy (non-hydrogen) atoms. The van der Waals surface area contributed by atoms with Crippen LogP contribution < -0.4 is 5.32 Å². The van der Waals surface area contributed by atoms with Crippen LogP contribution >= 0.6 is 0 Å². The minimum Gasteiger partial charge on any atom is -0.376 e. The van der Waals surface area contributed by atoms with E-state index in [-0.39, 0.29) is 30.4 Å². The highest BCUT2D eigenvalue weighted by Crippen LogP contribution is 2.38. The Bertz CT molecular complexity index is 801. The Morgan fingerprint density at radius 1 is 1.16 bits per heavy atom.